The molecule has 0 spiro atoms. The Hall–Kier alpha value is -2.36. The van der Waals surface area contributed by atoms with Crippen LogP contribution in [0.2, 0.25) is 0 Å². The Morgan fingerprint density at radius 3 is 1.03 bits per heavy atom. The fraction of sp³-hybridized carbons (Fsp3) is 0.217. The highest BCUT2D eigenvalue weighted by atomic mass is 32.1. The molecule has 3 aromatic carbocycles. The lowest BCUT2D eigenvalue weighted by molar-refractivity contribution is 0.298. The highest BCUT2D eigenvalue weighted by Crippen LogP contribution is 2.49. The molecule has 0 unspecified atom stereocenters. The fourth-order valence-electron chi connectivity index (χ4n) is 2.24. The molecule has 0 amide bonds. The van der Waals surface area contributed by atoms with E-state index in [4.69, 9.17) is 13.6 Å². The van der Waals surface area contributed by atoms with E-state index >= 15 is 0 Å². The van der Waals surface area contributed by atoms with Gasteiger partial charge in [0, 0.05) is 0 Å². The van der Waals surface area contributed by atoms with Crippen LogP contribution in [0.25, 0.3) is 0 Å². The van der Waals surface area contributed by atoms with Crippen LogP contribution in [0.3, 0.4) is 0 Å². The van der Waals surface area contributed by atoms with Crippen molar-refractivity contribution in [2.24, 2.45) is 0 Å². The van der Waals surface area contributed by atoms with E-state index in [9.17, 15) is 4.57 Å². The molecule has 0 aliphatic carbocycles. The molecule has 0 aliphatic rings. The second kappa shape index (κ2) is 11.0. The van der Waals surface area contributed by atoms with Gasteiger partial charge >= 0.3 is 7.82 Å². The van der Waals surface area contributed by atoms with Gasteiger partial charge in [0.25, 0.3) is 0 Å². The van der Waals surface area contributed by atoms with Gasteiger partial charge in [-0.2, -0.15) is 17.2 Å². The largest absolute Gasteiger partial charge is 0.647 e. The summed E-state index contributed by atoms with van der Waals surface area (Å²) in [6.07, 6.45) is 0. The molecule has 6 heteroatoms. The first-order chi connectivity index (χ1) is 13.8. The van der Waals surface area contributed by atoms with E-state index < -0.39 is 7.82 Å². The molecule has 0 radical (unpaired) electrons. The number of aryl methyl sites for hydroxylation is 3. The molecular formula is C23H27O4PS. The van der Waals surface area contributed by atoms with Crippen LogP contribution in [0.1, 0.15) is 23.6 Å². The van der Waals surface area contributed by atoms with Crippen LogP contribution >= 0.6 is 20.5 Å². The highest BCUT2D eigenvalue weighted by Gasteiger charge is 2.33. The van der Waals surface area contributed by atoms with Gasteiger partial charge in [-0.3, -0.25) is 0 Å². The Morgan fingerprint density at radius 2 is 0.828 bits per heavy atom. The third-order valence-electron chi connectivity index (χ3n) is 3.71. The first kappa shape index (κ1) is 22.9. The Bertz CT molecular complexity index is 800. The van der Waals surface area contributed by atoms with E-state index in [0.717, 1.165) is 22.4 Å². The molecule has 3 rings (SSSR count). The molecule has 0 saturated heterocycles. The Morgan fingerprint density at radius 1 is 0.621 bits per heavy atom. The maximum Gasteiger partial charge on any atom is 0.647 e. The van der Waals surface area contributed by atoms with Crippen LogP contribution in [-0.2, 0) is 4.57 Å². The van der Waals surface area contributed by atoms with Crippen molar-refractivity contribution in [3.05, 3.63) is 89.5 Å². The van der Waals surface area contributed by atoms with Gasteiger partial charge in [0.05, 0.1) is 0 Å². The zero-order chi connectivity index (χ0) is 21.3. The lowest BCUT2D eigenvalue weighted by Crippen LogP contribution is -2.07. The van der Waals surface area contributed by atoms with E-state index in [2.05, 4.69) is 12.6 Å². The summed E-state index contributed by atoms with van der Waals surface area (Å²) < 4.78 is 30.2. The highest BCUT2D eigenvalue weighted by molar-refractivity contribution is 7.80. The van der Waals surface area contributed by atoms with E-state index in [1.165, 1.54) is 0 Å². The Kier molecular flexibility index (Phi) is 8.69. The van der Waals surface area contributed by atoms with Crippen LogP contribution in [0.4, 0.5) is 0 Å². The molecule has 4 nitrogen and oxygen atoms in total. The van der Waals surface area contributed by atoms with Crippen molar-refractivity contribution in [2.75, 3.05) is 5.75 Å². The predicted octanol–water partition coefficient (Wildman–Crippen LogP) is 7.19. The summed E-state index contributed by atoms with van der Waals surface area (Å²) in [5.74, 6) is 2.19. The Labute approximate surface area is 178 Å². The van der Waals surface area contributed by atoms with Gasteiger partial charge in [-0.15, -0.1) is 0 Å². The average molecular weight is 431 g/mol. The minimum Gasteiger partial charge on any atom is -0.386 e. The SMILES string of the molecule is CCS.Cc1ccc(OP(=O)(Oc2ccc(C)cc2)Oc2ccc(C)cc2)cc1. The van der Waals surface area contributed by atoms with Gasteiger partial charge in [0.15, 0.2) is 0 Å². The topological polar surface area (TPSA) is 44.8 Å². The van der Waals surface area contributed by atoms with Crippen molar-refractivity contribution in [1.29, 1.82) is 0 Å². The molecule has 29 heavy (non-hydrogen) atoms. The van der Waals surface area contributed by atoms with Crippen molar-refractivity contribution in [3.8, 4) is 17.2 Å². The molecule has 0 heterocycles. The summed E-state index contributed by atoms with van der Waals surface area (Å²) in [6.45, 7) is 7.89. The summed E-state index contributed by atoms with van der Waals surface area (Å²) in [7, 11) is -3.93. The third kappa shape index (κ3) is 7.88. The number of benzene rings is 3. The number of rotatable bonds is 6. The first-order valence-electron chi connectivity index (χ1n) is 9.33. The molecular weight excluding hydrogens is 403 g/mol. The molecule has 0 aromatic heterocycles. The number of phosphoric acid groups is 1. The maximum absolute atomic E-state index is 13.3. The smallest absolute Gasteiger partial charge is 0.386 e. The number of hydrogen-bond acceptors (Lipinski definition) is 5. The number of phosphoric ester groups is 1. The summed E-state index contributed by atoms with van der Waals surface area (Å²) in [5.41, 5.74) is 3.23. The molecule has 0 saturated carbocycles. The standard InChI is InChI=1S/C21H21O4P.C2H6S/c1-16-4-10-19(11-5-16)23-26(22,24-20-12-6-17(2)7-13-20)25-21-14-8-18(3)9-15-21;1-2-3/h4-15H,1-3H3;3H,2H2,1H3. The average Bonchev–Trinajstić information content (AvgIpc) is 2.68. The fourth-order valence-corrected chi connectivity index (χ4v) is 3.49. The van der Waals surface area contributed by atoms with Crippen LogP contribution in [0, 0.1) is 20.8 Å². The van der Waals surface area contributed by atoms with Crippen molar-refractivity contribution < 1.29 is 18.1 Å². The third-order valence-corrected chi connectivity index (χ3v) is 5.02. The van der Waals surface area contributed by atoms with Crippen molar-refractivity contribution in [2.45, 2.75) is 27.7 Å². The number of thiol groups is 1. The zero-order valence-electron chi connectivity index (χ0n) is 17.2. The van der Waals surface area contributed by atoms with Gasteiger partial charge in [0.2, 0.25) is 0 Å². The maximum atomic E-state index is 13.3. The van der Waals surface area contributed by atoms with E-state index in [1.807, 2.05) is 64.1 Å². The summed E-state index contributed by atoms with van der Waals surface area (Å²) in [5, 5.41) is 0. The lowest BCUT2D eigenvalue weighted by Gasteiger charge is -2.19. The van der Waals surface area contributed by atoms with Crippen LogP contribution in [-0.4, -0.2) is 5.75 Å². The molecule has 0 N–H and O–H groups in total. The minimum atomic E-state index is -3.93. The van der Waals surface area contributed by atoms with E-state index in [1.54, 1.807) is 36.4 Å². The van der Waals surface area contributed by atoms with Gasteiger partial charge in [0.1, 0.15) is 17.2 Å². The second-order valence-electron chi connectivity index (χ2n) is 6.48. The lowest BCUT2D eigenvalue weighted by atomic mass is 10.2. The summed E-state index contributed by atoms with van der Waals surface area (Å²) >= 11 is 3.79. The van der Waals surface area contributed by atoms with Crippen molar-refractivity contribution >= 4 is 20.5 Å². The van der Waals surface area contributed by atoms with E-state index in [-0.39, 0.29) is 0 Å². The van der Waals surface area contributed by atoms with Crippen molar-refractivity contribution in [1.82, 2.24) is 0 Å². The second-order valence-corrected chi connectivity index (χ2v) is 8.55. The molecule has 154 valence electrons. The summed E-state index contributed by atoms with van der Waals surface area (Å²) in [6, 6.07) is 21.6. The van der Waals surface area contributed by atoms with E-state index in [0.29, 0.717) is 17.2 Å². The van der Waals surface area contributed by atoms with Crippen molar-refractivity contribution in [3.63, 3.8) is 0 Å². The van der Waals surface area contributed by atoms with Gasteiger partial charge < -0.3 is 13.6 Å². The molecule has 0 atom stereocenters. The van der Waals surface area contributed by atoms with Gasteiger partial charge in [-0.25, -0.2) is 0 Å². The molecule has 0 aliphatic heterocycles. The minimum absolute atomic E-state index is 0.415. The first-order valence-corrected chi connectivity index (χ1v) is 11.4. The zero-order valence-corrected chi connectivity index (χ0v) is 19.0. The molecule has 3 aromatic rings. The predicted molar refractivity (Wildman–Crippen MR) is 123 cm³/mol. The Balaban J connectivity index is 0.000000941. The molecule has 0 fully saturated rings. The quantitative estimate of drug-likeness (QED) is 0.332. The van der Waals surface area contributed by atoms with Gasteiger partial charge in [-0.05, 0) is 62.9 Å². The van der Waals surface area contributed by atoms with Crippen LogP contribution < -0.4 is 13.6 Å². The normalized spacial score (nSPS) is 10.5. The molecule has 0 bridgehead atoms. The van der Waals surface area contributed by atoms with Crippen LogP contribution in [0.15, 0.2) is 72.8 Å². The van der Waals surface area contributed by atoms with Gasteiger partial charge in [-0.1, -0.05) is 60.0 Å². The summed E-state index contributed by atoms with van der Waals surface area (Å²) in [4.78, 5) is 0. The monoisotopic (exact) mass is 430 g/mol. The van der Waals surface area contributed by atoms with Crippen LogP contribution in [0.5, 0.6) is 17.2 Å². The number of hydrogen-bond donors (Lipinski definition) is 1.